The molecule has 15 heavy (non-hydrogen) atoms. The molecule has 0 aliphatic carbocycles. The van der Waals surface area contributed by atoms with Crippen molar-refractivity contribution in [2.75, 3.05) is 13.1 Å². The van der Waals surface area contributed by atoms with E-state index in [4.69, 9.17) is 16.7 Å². The van der Waals surface area contributed by atoms with Crippen LogP contribution < -0.4 is 5.32 Å². The Hall–Kier alpha value is -0.640. The normalized spacial score (nSPS) is 15.3. The Balaban J connectivity index is 0.000000162. The van der Waals surface area contributed by atoms with Gasteiger partial charge in [0.15, 0.2) is 0 Å². The minimum atomic E-state index is -0.0550. The highest BCUT2D eigenvalue weighted by molar-refractivity contribution is 6.29. The first kappa shape index (κ1) is 12.4. The molecule has 1 aromatic heterocycles. The Morgan fingerprint density at radius 2 is 2.00 bits per heavy atom. The topological polar surface area (TPSA) is 45.1 Å². The highest BCUT2D eigenvalue weighted by atomic mass is 35.5. The molecule has 0 unspecified atom stereocenters. The van der Waals surface area contributed by atoms with Crippen molar-refractivity contribution in [3.63, 3.8) is 0 Å². The van der Waals surface area contributed by atoms with Gasteiger partial charge in [-0.1, -0.05) is 24.1 Å². The molecule has 3 nitrogen and oxygen atoms in total. The molecule has 0 amide bonds. The van der Waals surface area contributed by atoms with E-state index in [1.165, 1.54) is 32.4 Å². The third-order valence-corrected chi connectivity index (χ3v) is 2.35. The third kappa shape index (κ3) is 5.72. The van der Waals surface area contributed by atoms with Crippen LogP contribution in [-0.4, -0.2) is 23.2 Å². The first-order valence-electron chi connectivity index (χ1n) is 5.26. The monoisotopic (exact) mass is 228 g/mol. The van der Waals surface area contributed by atoms with E-state index in [1.54, 1.807) is 18.2 Å². The van der Waals surface area contributed by atoms with Crippen LogP contribution in [0.5, 0.6) is 0 Å². The van der Waals surface area contributed by atoms with Crippen LogP contribution >= 0.6 is 11.6 Å². The molecular weight excluding hydrogens is 212 g/mol. The second-order valence-electron chi connectivity index (χ2n) is 3.42. The van der Waals surface area contributed by atoms with E-state index in [2.05, 4.69) is 10.3 Å². The lowest BCUT2D eigenvalue weighted by molar-refractivity contribution is 0.277. The summed E-state index contributed by atoms with van der Waals surface area (Å²) < 4.78 is 0. The molecule has 0 bridgehead atoms. The Morgan fingerprint density at radius 3 is 2.33 bits per heavy atom. The lowest BCUT2D eigenvalue weighted by Gasteiger charge is -2.08. The van der Waals surface area contributed by atoms with Crippen LogP contribution in [0.25, 0.3) is 0 Å². The smallest absolute Gasteiger partial charge is 0.129 e. The van der Waals surface area contributed by atoms with Gasteiger partial charge >= 0.3 is 0 Å². The van der Waals surface area contributed by atoms with Gasteiger partial charge in [-0.2, -0.15) is 0 Å². The van der Waals surface area contributed by atoms with Crippen molar-refractivity contribution in [3.05, 3.63) is 29.0 Å². The van der Waals surface area contributed by atoms with Gasteiger partial charge in [-0.3, -0.25) is 0 Å². The van der Waals surface area contributed by atoms with Crippen LogP contribution in [-0.2, 0) is 6.61 Å². The third-order valence-electron chi connectivity index (χ3n) is 2.14. The average Bonchev–Trinajstić information content (AvgIpc) is 2.32. The lowest BCUT2D eigenvalue weighted by atomic mass is 10.2. The average molecular weight is 229 g/mol. The summed E-state index contributed by atoms with van der Waals surface area (Å²) in [7, 11) is 0. The van der Waals surface area contributed by atoms with Crippen molar-refractivity contribution in [1.82, 2.24) is 10.3 Å². The van der Waals surface area contributed by atoms with E-state index in [0.29, 0.717) is 10.8 Å². The van der Waals surface area contributed by atoms with Crippen LogP contribution in [0.2, 0.25) is 5.15 Å². The predicted molar refractivity (Wildman–Crippen MR) is 61.9 cm³/mol. The van der Waals surface area contributed by atoms with Crippen LogP contribution in [0.15, 0.2) is 18.2 Å². The molecule has 1 aliphatic rings. The number of halogens is 1. The number of aliphatic hydroxyl groups excluding tert-OH is 1. The minimum Gasteiger partial charge on any atom is -0.390 e. The first-order valence-corrected chi connectivity index (χ1v) is 5.64. The SMILES string of the molecule is C1CCNCC1.OCc1cccc(Cl)n1. The maximum atomic E-state index is 8.54. The Labute approximate surface area is 95.5 Å². The molecule has 0 atom stereocenters. The standard InChI is InChI=1S/C6H6ClNO.C5H11N/c7-6-3-1-2-5(4-9)8-6;1-2-4-6-5-3-1/h1-3,9H,4H2;6H,1-5H2. The second-order valence-corrected chi connectivity index (χ2v) is 3.81. The highest BCUT2D eigenvalue weighted by Gasteiger charge is 1.93. The molecule has 2 heterocycles. The number of piperidine rings is 1. The summed E-state index contributed by atoms with van der Waals surface area (Å²) in [4.78, 5) is 3.81. The quantitative estimate of drug-likeness (QED) is 0.723. The van der Waals surface area contributed by atoms with Gasteiger partial charge in [-0.05, 0) is 38.1 Å². The maximum absolute atomic E-state index is 8.54. The predicted octanol–water partition coefficient (Wildman–Crippen LogP) is 1.99. The van der Waals surface area contributed by atoms with Crippen LogP contribution in [0, 0.1) is 0 Å². The fraction of sp³-hybridized carbons (Fsp3) is 0.545. The van der Waals surface area contributed by atoms with Gasteiger partial charge < -0.3 is 10.4 Å². The Bertz CT molecular complexity index is 266. The van der Waals surface area contributed by atoms with E-state index in [0.717, 1.165) is 0 Å². The molecule has 1 aliphatic heterocycles. The summed E-state index contributed by atoms with van der Waals surface area (Å²) in [6.45, 7) is 2.44. The molecule has 0 aromatic carbocycles. The molecule has 84 valence electrons. The number of aromatic nitrogens is 1. The van der Waals surface area contributed by atoms with E-state index < -0.39 is 0 Å². The summed E-state index contributed by atoms with van der Waals surface area (Å²) in [6, 6.07) is 5.13. The summed E-state index contributed by atoms with van der Waals surface area (Å²) >= 11 is 5.50. The van der Waals surface area contributed by atoms with E-state index in [-0.39, 0.29) is 6.61 Å². The minimum absolute atomic E-state index is 0.0550. The van der Waals surface area contributed by atoms with Crippen LogP contribution in [0.4, 0.5) is 0 Å². The van der Waals surface area contributed by atoms with Crippen molar-refractivity contribution in [1.29, 1.82) is 0 Å². The Kier molecular flexibility index (Phi) is 6.32. The summed E-state index contributed by atoms with van der Waals surface area (Å²) in [5.41, 5.74) is 0.600. The summed E-state index contributed by atoms with van der Waals surface area (Å²) in [6.07, 6.45) is 4.22. The van der Waals surface area contributed by atoms with E-state index in [9.17, 15) is 0 Å². The van der Waals surface area contributed by atoms with Gasteiger partial charge in [0.05, 0.1) is 12.3 Å². The summed E-state index contributed by atoms with van der Waals surface area (Å²) in [5, 5.41) is 12.2. The van der Waals surface area contributed by atoms with Crippen molar-refractivity contribution in [2.45, 2.75) is 25.9 Å². The zero-order chi connectivity index (χ0) is 10.9. The molecule has 0 saturated carbocycles. The van der Waals surface area contributed by atoms with Crippen molar-refractivity contribution < 1.29 is 5.11 Å². The van der Waals surface area contributed by atoms with E-state index >= 15 is 0 Å². The highest BCUT2D eigenvalue weighted by Crippen LogP contribution is 2.03. The van der Waals surface area contributed by atoms with Gasteiger partial charge in [-0.15, -0.1) is 0 Å². The molecule has 4 heteroatoms. The molecule has 0 spiro atoms. The van der Waals surface area contributed by atoms with Gasteiger partial charge in [-0.25, -0.2) is 4.98 Å². The largest absolute Gasteiger partial charge is 0.390 e. The molecule has 1 aromatic rings. The number of pyridine rings is 1. The fourth-order valence-electron chi connectivity index (χ4n) is 1.34. The summed E-state index contributed by atoms with van der Waals surface area (Å²) in [5.74, 6) is 0. The van der Waals surface area contributed by atoms with Gasteiger partial charge in [0.2, 0.25) is 0 Å². The number of nitrogens with zero attached hydrogens (tertiary/aromatic N) is 1. The molecule has 1 saturated heterocycles. The first-order chi connectivity index (χ1) is 7.33. The number of rotatable bonds is 1. The zero-order valence-corrected chi connectivity index (χ0v) is 9.50. The van der Waals surface area contributed by atoms with E-state index in [1.807, 2.05) is 0 Å². The number of aliphatic hydroxyl groups is 1. The number of hydrogen-bond acceptors (Lipinski definition) is 3. The molecule has 1 fully saturated rings. The number of nitrogens with one attached hydrogen (secondary N) is 1. The van der Waals surface area contributed by atoms with Crippen molar-refractivity contribution in [3.8, 4) is 0 Å². The zero-order valence-electron chi connectivity index (χ0n) is 8.75. The molecule has 2 N–H and O–H groups in total. The van der Waals surface area contributed by atoms with Gasteiger partial charge in [0, 0.05) is 0 Å². The maximum Gasteiger partial charge on any atom is 0.129 e. The fourth-order valence-corrected chi connectivity index (χ4v) is 1.52. The lowest BCUT2D eigenvalue weighted by Crippen LogP contribution is -2.21. The Morgan fingerprint density at radius 1 is 1.27 bits per heavy atom. The second kappa shape index (κ2) is 7.63. The number of hydrogen-bond donors (Lipinski definition) is 2. The van der Waals surface area contributed by atoms with Crippen molar-refractivity contribution >= 4 is 11.6 Å². The molecule has 0 radical (unpaired) electrons. The molecule has 2 rings (SSSR count). The van der Waals surface area contributed by atoms with Crippen molar-refractivity contribution in [2.24, 2.45) is 0 Å². The molecular formula is C11H17ClN2O. The van der Waals surface area contributed by atoms with Gasteiger partial charge in [0.25, 0.3) is 0 Å². The van der Waals surface area contributed by atoms with Crippen LogP contribution in [0.1, 0.15) is 25.0 Å². The van der Waals surface area contributed by atoms with Gasteiger partial charge in [0.1, 0.15) is 5.15 Å². The van der Waals surface area contributed by atoms with Crippen LogP contribution in [0.3, 0.4) is 0 Å².